The first-order valence-corrected chi connectivity index (χ1v) is 8.86. The van der Waals surface area contributed by atoms with Gasteiger partial charge in [-0.1, -0.05) is 13.3 Å². The predicted molar refractivity (Wildman–Crippen MR) is 92.9 cm³/mol. The topological polar surface area (TPSA) is 69.6 Å². The Balaban J connectivity index is 1.67. The summed E-state index contributed by atoms with van der Waals surface area (Å²) < 4.78 is 0. The van der Waals surface area contributed by atoms with Crippen molar-refractivity contribution < 1.29 is 14.7 Å². The van der Waals surface area contributed by atoms with Gasteiger partial charge in [-0.15, -0.1) is 0 Å². The Morgan fingerprint density at radius 2 is 2.04 bits per heavy atom. The third-order valence-corrected chi connectivity index (χ3v) is 5.51. The molecule has 1 heterocycles. The second kappa shape index (κ2) is 6.93. The maximum absolute atomic E-state index is 12.5. The molecule has 24 heavy (non-hydrogen) atoms. The van der Waals surface area contributed by atoms with E-state index >= 15 is 0 Å². The fourth-order valence-electron chi connectivity index (χ4n) is 3.78. The molecule has 5 nitrogen and oxygen atoms in total. The molecule has 0 aromatic heterocycles. The van der Waals surface area contributed by atoms with Crippen LogP contribution in [0.3, 0.4) is 0 Å². The Morgan fingerprint density at radius 3 is 2.71 bits per heavy atom. The Bertz CT molecular complexity index is 614. The van der Waals surface area contributed by atoms with Crippen LogP contribution in [0.5, 0.6) is 0 Å². The van der Waals surface area contributed by atoms with Crippen LogP contribution in [0.1, 0.15) is 55.8 Å². The zero-order valence-corrected chi connectivity index (χ0v) is 14.3. The predicted octanol–water partition coefficient (Wildman–Crippen LogP) is 2.48. The van der Waals surface area contributed by atoms with Gasteiger partial charge in [0.15, 0.2) is 0 Å². The number of nitrogens with zero attached hydrogens (tertiary/aromatic N) is 1. The van der Waals surface area contributed by atoms with Crippen molar-refractivity contribution in [3.8, 4) is 0 Å². The number of hydrogen-bond acceptors (Lipinski definition) is 3. The molecule has 2 fully saturated rings. The number of hydrogen-bond donors (Lipinski definition) is 2. The fourth-order valence-corrected chi connectivity index (χ4v) is 3.78. The van der Waals surface area contributed by atoms with Crippen LogP contribution in [0.25, 0.3) is 0 Å². The lowest BCUT2D eigenvalue weighted by Crippen LogP contribution is -2.44. The first-order chi connectivity index (χ1) is 11.5. The number of carbonyl (C=O) groups is 2. The molecule has 2 amide bonds. The van der Waals surface area contributed by atoms with Crippen molar-refractivity contribution in [2.75, 3.05) is 18.1 Å². The van der Waals surface area contributed by atoms with Crippen LogP contribution in [-0.2, 0) is 4.79 Å². The second-order valence-corrected chi connectivity index (χ2v) is 7.28. The van der Waals surface area contributed by atoms with E-state index in [9.17, 15) is 14.7 Å². The Hall–Kier alpha value is -1.88. The van der Waals surface area contributed by atoms with Gasteiger partial charge in [-0.25, -0.2) is 0 Å². The van der Waals surface area contributed by atoms with Crippen molar-refractivity contribution in [2.45, 2.75) is 51.5 Å². The van der Waals surface area contributed by atoms with Crippen LogP contribution in [0.15, 0.2) is 24.3 Å². The van der Waals surface area contributed by atoms with E-state index in [2.05, 4.69) is 5.32 Å². The number of benzene rings is 1. The molecule has 2 atom stereocenters. The first-order valence-electron chi connectivity index (χ1n) is 8.86. The number of rotatable bonds is 4. The van der Waals surface area contributed by atoms with Gasteiger partial charge in [0.1, 0.15) is 0 Å². The fraction of sp³-hybridized carbons (Fsp3) is 0.579. The summed E-state index contributed by atoms with van der Waals surface area (Å²) in [6.07, 6.45) is 5.45. The summed E-state index contributed by atoms with van der Waals surface area (Å²) in [6, 6.07) is 7.25. The highest BCUT2D eigenvalue weighted by atomic mass is 16.3. The average Bonchev–Trinajstić information content (AvgIpc) is 2.97. The quantitative estimate of drug-likeness (QED) is 0.891. The zero-order chi connectivity index (χ0) is 17.2. The summed E-state index contributed by atoms with van der Waals surface area (Å²) >= 11 is 0. The average molecular weight is 330 g/mol. The van der Waals surface area contributed by atoms with Gasteiger partial charge in [-0.05, 0) is 49.9 Å². The molecule has 2 aliphatic rings. The van der Waals surface area contributed by atoms with Crippen LogP contribution >= 0.6 is 0 Å². The van der Waals surface area contributed by atoms with Crippen molar-refractivity contribution in [2.24, 2.45) is 5.41 Å². The van der Waals surface area contributed by atoms with Crippen molar-refractivity contribution in [1.82, 2.24) is 5.32 Å². The molecule has 0 radical (unpaired) electrons. The lowest BCUT2D eigenvalue weighted by Gasteiger charge is -2.30. The number of piperidine rings is 1. The number of nitrogens with one attached hydrogen (secondary N) is 1. The molecule has 0 spiro atoms. The smallest absolute Gasteiger partial charge is 0.251 e. The van der Waals surface area contributed by atoms with Gasteiger partial charge in [-0.2, -0.15) is 0 Å². The zero-order valence-electron chi connectivity index (χ0n) is 14.3. The number of aliphatic hydroxyl groups excluding tert-OH is 1. The maximum Gasteiger partial charge on any atom is 0.251 e. The summed E-state index contributed by atoms with van der Waals surface area (Å²) in [5.74, 6) is 0.0428. The molecule has 130 valence electrons. The largest absolute Gasteiger partial charge is 0.396 e. The molecule has 1 aliphatic heterocycles. The van der Waals surface area contributed by atoms with E-state index in [4.69, 9.17) is 0 Å². The van der Waals surface area contributed by atoms with Crippen molar-refractivity contribution in [3.05, 3.63) is 29.8 Å². The van der Waals surface area contributed by atoms with E-state index in [-0.39, 0.29) is 29.9 Å². The molecule has 1 aromatic rings. The Labute approximate surface area is 143 Å². The standard InChI is InChI=1S/C19H26N2O3/c1-19(13-22)11-4-5-16(19)20-18(24)14-7-9-15(10-8-14)21-12-3-2-6-17(21)23/h7-10,16,22H,2-6,11-13H2,1H3,(H,20,24). The van der Waals surface area contributed by atoms with Crippen LogP contribution in [0, 0.1) is 5.41 Å². The summed E-state index contributed by atoms with van der Waals surface area (Å²) in [7, 11) is 0. The molecular weight excluding hydrogens is 304 g/mol. The molecule has 1 saturated heterocycles. The van der Waals surface area contributed by atoms with Gasteiger partial charge < -0.3 is 15.3 Å². The number of carbonyl (C=O) groups excluding carboxylic acids is 2. The van der Waals surface area contributed by atoms with Gasteiger partial charge >= 0.3 is 0 Å². The number of amides is 2. The lowest BCUT2D eigenvalue weighted by atomic mass is 9.85. The van der Waals surface area contributed by atoms with Crippen molar-refractivity contribution in [3.63, 3.8) is 0 Å². The highest BCUT2D eigenvalue weighted by Crippen LogP contribution is 2.37. The van der Waals surface area contributed by atoms with Gasteiger partial charge in [0.2, 0.25) is 5.91 Å². The monoisotopic (exact) mass is 330 g/mol. The van der Waals surface area contributed by atoms with Crippen LogP contribution < -0.4 is 10.2 Å². The Kier molecular flexibility index (Phi) is 4.90. The second-order valence-electron chi connectivity index (χ2n) is 7.28. The highest BCUT2D eigenvalue weighted by Gasteiger charge is 2.39. The van der Waals surface area contributed by atoms with Gasteiger partial charge in [-0.3, -0.25) is 9.59 Å². The third-order valence-electron chi connectivity index (χ3n) is 5.51. The minimum Gasteiger partial charge on any atom is -0.396 e. The van der Waals surface area contributed by atoms with Gasteiger partial charge in [0, 0.05) is 35.7 Å². The first kappa shape index (κ1) is 17.0. The summed E-state index contributed by atoms with van der Waals surface area (Å²) in [5, 5.41) is 12.7. The van der Waals surface area contributed by atoms with E-state index in [0.717, 1.165) is 44.3 Å². The van der Waals surface area contributed by atoms with Gasteiger partial charge in [0.05, 0.1) is 6.61 Å². The number of anilines is 1. The van der Waals surface area contributed by atoms with E-state index in [1.165, 1.54) is 0 Å². The third kappa shape index (κ3) is 3.31. The molecule has 1 aromatic carbocycles. The van der Waals surface area contributed by atoms with E-state index in [1.54, 1.807) is 17.0 Å². The van der Waals surface area contributed by atoms with Crippen LogP contribution in [-0.4, -0.2) is 36.1 Å². The molecule has 3 rings (SSSR count). The van der Waals surface area contributed by atoms with Crippen molar-refractivity contribution >= 4 is 17.5 Å². The maximum atomic E-state index is 12.5. The summed E-state index contributed by atoms with van der Waals surface area (Å²) in [6.45, 7) is 2.87. The molecular formula is C19H26N2O3. The lowest BCUT2D eigenvalue weighted by molar-refractivity contribution is -0.119. The minimum absolute atomic E-state index is 0.0124. The molecule has 2 unspecified atom stereocenters. The molecule has 1 aliphatic carbocycles. The molecule has 2 N–H and O–H groups in total. The summed E-state index contributed by atoms with van der Waals surface area (Å²) in [4.78, 5) is 26.3. The molecule has 5 heteroatoms. The Morgan fingerprint density at radius 1 is 1.29 bits per heavy atom. The normalized spacial score (nSPS) is 27.3. The van der Waals surface area contributed by atoms with E-state index < -0.39 is 0 Å². The van der Waals surface area contributed by atoms with Crippen LogP contribution in [0.4, 0.5) is 5.69 Å². The van der Waals surface area contributed by atoms with E-state index in [0.29, 0.717) is 12.0 Å². The molecule has 1 saturated carbocycles. The summed E-state index contributed by atoms with van der Waals surface area (Å²) in [5.41, 5.74) is 1.23. The van der Waals surface area contributed by atoms with Gasteiger partial charge in [0.25, 0.3) is 5.91 Å². The minimum atomic E-state index is -0.226. The SMILES string of the molecule is CC1(CO)CCCC1NC(=O)c1ccc(N2CCCCC2=O)cc1. The van der Waals surface area contributed by atoms with Crippen molar-refractivity contribution in [1.29, 1.82) is 0 Å². The van der Waals surface area contributed by atoms with E-state index in [1.807, 2.05) is 19.1 Å². The highest BCUT2D eigenvalue weighted by molar-refractivity contribution is 5.97. The van der Waals surface area contributed by atoms with Crippen LogP contribution in [0.2, 0.25) is 0 Å². The number of aliphatic hydroxyl groups is 1. The molecule has 0 bridgehead atoms.